The number of methoxy groups -OCH3 is 1. The molecule has 0 aliphatic heterocycles. The normalized spacial score (nSPS) is 12.8. The molecule has 0 aliphatic rings. The molecule has 0 saturated carbocycles. The Kier molecular flexibility index (Phi) is 10.0. The first-order chi connectivity index (χ1) is 14.5. The van der Waals surface area contributed by atoms with E-state index in [2.05, 4.69) is 19.2 Å². The third-order valence-corrected chi connectivity index (χ3v) is 5.52. The van der Waals surface area contributed by atoms with Crippen molar-refractivity contribution >= 4 is 23.6 Å². The van der Waals surface area contributed by atoms with E-state index in [1.807, 2.05) is 49.4 Å². The fraction of sp³-hybridized carbons (Fsp3) is 0.458. The Morgan fingerprint density at radius 3 is 2.57 bits per heavy atom. The van der Waals surface area contributed by atoms with Crippen molar-refractivity contribution in [2.24, 2.45) is 0 Å². The Morgan fingerprint density at radius 2 is 1.90 bits per heavy atom. The molecule has 0 aliphatic carbocycles. The Hall–Kier alpha value is -2.18. The molecule has 2 atom stereocenters. The van der Waals surface area contributed by atoms with Gasteiger partial charge in [0.15, 0.2) is 11.5 Å². The highest BCUT2D eigenvalue weighted by Gasteiger charge is 2.17. The van der Waals surface area contributed by atoms with Crippen LogP contribution in [0.15, 0.2) is 47.4 Å². The van der Waals surface area contributed by atoms with Crippen molar-refractivity contribution in [3.05, 3.63) is 48.0 Å². The van der Waals surface area contributed by atoms with Crippen LogP contribution in [0.4, 0.5) is 5.69 Å². The van der Waals surface area contributed by atoms with Crippen molar-refractivity contribution in [3.8, 4) is 11.5 Å². The summed E-state index contributed by atoms with van der Waals surface area (Å²) in [5, 5.41) is 2.97. The number of carbonyl (C=O) groups is 1. The van der Waals surface area contributed by atoms with Crippen LogP contribution in [-0.4, -0.2) is 26.2 Å². The van der Waals surface area contributed by atoms with Gasteiger partial charge in [0.05, 0.1) is 20.3 Å². The third-order valence-electron chi connectivity index (χ3n) is 4.91. The summed E-state index contributed by atoms with van der Waals surface area (Å²) in [5.41, 5.74) is 1.81. The summed E-state index contributed by atoms with van der Waals surface area (Å²) in [5.74, 6) is 1.48. The summed E-state index contributed by atoms with van der Waals surface area (Å²) < 4.78 is 16.8. The molecular formula is C24H33NO4S. The molecule has 0 saturated heterocycles. The van der Waals surface area contributed by atoms with Gasteiger partial charge in [0.1, 0.15) is 0 Å². The SMILES string of the molecule is CCCC(CC)Oc1cc(C(C)CC(=O)Nc2cccc(SOC)c2)ccc1OC. The van der Waals surface area contributed by atoms with E-state index in [-0.39, 0.29) is 17.9 Å². The second-order valence-corrected chi connectivity index (χ2v) is 8.25. The summed E-state index contributed by atoms with van der Waals surface area (Å²) in [6, 6.07) is 13.5. The second kappa shape index (κ2) is 12.5. The lowest BCUT2D eigenvalue weighted by atomic mass is 9.97. The number of ether oxygens (including phenoxy) is 2. The van der Waals surface area contributed by atoms with Crippen LogP contribution < -0.4 is 14.8 Å². The second-order valence-electron chi connectivity index (χ2n) is 7.28. The minimum absolute atomic E-state index is 0.0298. The summed E-state index contributed by atoms with van der Waals surface area (Å²) in [6.45, 7) is 6.33. The molecule has 2 rings (SSSR count). The van der Waals surface area contributed by atoms with Crippen LogP contribution in [0.5, 0.6) is 11.5 Å². The lowest BCUT2D eigenvalue weighted by Crippen LogP contribution is -2.16. The highest BCUT2D eigenvalue weighted by molar-refractivity contribution is 7.94. The zero-order valence-corrected chi connectivity index (χ0v) is 19.4. The molecule has 2 unspecified atom stereocenters. The summed E-state index contributed by atoms with van der Waals surface area (Å²) >= 11 is 1.27. The number of rotatable bonds is 12. The van der Waals surface area contributed by atoms with Crippen LogP contribution in [0.1, 0.15) is 57.9 Å². The van der Waals surface area contributed by atoms with Gasteiger partial charge in [0.25, 0.3) is 0 Å². The van der Waals surface area contributed by atoms with Gasteiger partial charge in [0.2, 0.25) is 5.91 Å². The van der Waals surface area contributed by atoms with Gasteiger partial charge in [-0.3, -0.25) is 4.79 Å². The number of nitrogens with one attached hydrogen (secondary N) is 1. The maximum Gasteiger partial charge on any atom is 0.224 e. The molecule has 0 aromatic heterocycles. The number of hydrogen-bond acceptors (Lipinski definition) is 5. The van der Waals surface area contributed by atoms with Crippen molar-refractivity contribution < 1.29 is 18.5 Å². The molecule has 2 aromatic carbocycles. The topological polar surface area (TPSA) is 56.8 Å². The van der Waals surface area contributed by atoms with Crippen molar-refractivity contribution in [1.82, 2.24) is 0 Å². The lowest BCUT2D eigenvalue weighted by molar-refractivity contribution is -0.116. The number of benzene rings is 2. The molecule has 0 radical (unpaired) electrons. The molecule has 6 heteroatoms. The number of anilines is 1. The quantitative estimate of drug-likeness (QED) is 0.392. The van der Waals surface area contributed by atoms with E-state index < -0.39 is 0 Å². The molecule has 2 aromatic rings. The van der Waals surface area contributed by atoms with Gasteiger partial charge < -0.3 is 19.0 Å². The Bertz CT molecular complexity index is 812. The first-order valence-corrected chi connectivity index (χ1v) is 11.2. The van der Waals surface area contributed by atoms with Crippen LogP contribution in [0.3, 0.4) is 0 Å². The predicted octanol–water partition coefficient (Wildman–Crippen LogP) is 6.44. The van der Waals surface area contributed by atoms with Crippen LogP contribution in [0, 0.1) is 0 Å². The molecule has 1 N–H and O–H groups in total. The fourth-order valence-corrected chi connectivity index (χ4v) is 3.77. The highest BCUT2D eigenvalue weighted by atomic mass is 32.2. The minimum atomic E-state index is -0.0298. The van der Waals surface area contributed by atoms with Gasteiger partial charge in [0, 0.05) is 29.0 Å². The Balaban J connectivity index is 2.06. The molecule has 5 nitrogen and oxygen atoms in total. The van der Waals surface area contributed by atoms with Gasteiger partial charge in [-0.2, -0.15) is 0 Å². The van der Waals surface area contributed by atoms with E-state index in [0.29, 0.717) is 6.42 Å². The fourth-order valence-electron chi connectivity index (χ4n) is 3.27. The lowest BCUT2D eigenvalue weighted by Gasteiger charge is -2.21. The Morgan fingerprint density at radius 1 is 1.10 bits per heavy atom. The average Bonchev–Trinajstić information content (AvgIpc) is 2.73. The molecule has 0 spiro atoms. The first kappa shape index (κ1) is 24.1. The van der Waals surface area contributed by atoms with Gasteiger partial charge in [-0.05, 0) is 54.7 Å². The highest BCUT2D eigenvalue weighted by Crippen LogP contribution is 2.33. The smallest absolute Gasteiger partial charge is 0.224 e. The molecule has 0 heterocycles. The first-order valence-electron chi connectivity index (χ1n) is 10.5. The van der Waals surface area contributed by atoms with E-state index in [4.69, 9.17) is 13.7 Å². The zero-order chi connectivity index (χ0) is 21.9. The molecule has 164 valence electrons. The third kappa shape index (κ3) is 7.26. The van der Waals surface area contributed by atoms with Gasteiger partial charge >= 0.3 is 0 Å². The molecule has 1 amide bonds. The van der Waals surface area contributed by atoms with E-state index in [0.717, 1.165) is 46.9 Å². The van der Waals surface area contributed by atoms with E-state index in [9.17, 15) is 4.79 Å². The summed E-state index contributed by atoms with van der Waals surface area (Å²) in [7, 11) is 3.27. The molecular weight excluding hydrogens is 398 g/mol. The number of carbonyl (C=O) groups excluding carboxylic acids is 1. The average molecular weight is 432 g/mol. The van der Waals surface area contributed by atoms with Crippen molar-refractivity contribution in [1.29, 1.82) is 0 Å². The molecule has 0 fully saturated rings. The van der Waals surface area contributed by atoms with Crippen molar-refractivity contribution in [2.45, 2.75) is 63.4 Å². The van der Waals surface area contributed by atoms with E-state index in [1.54, 1.807) is 14.2 Å². The van der Waals surface area contributed by atoms with E-state index >= 15 is 0 Å². The minimum Gasteiger partial charge on any atom is -0.493 e. The standard InChI is InChI=1S/C24H33NO4S/c1-6-9-20(7-2)29-23-15-18(12-13-22(23)27-4)17(3)14-24(26)25-19-10-8-11-21(16-19)30-28-5/h8,10-13,15-17,20H,6-7,9,14H2,1-5H3,(H,25,26). The summed E-state index contributed by atoms with van der Waals surface area (Å²) in [4.78, 5) is 13.5. The van der Waals surface area contributed by atoms with Crippen LogP contribution in [-0.2, 0) is 8.98 Å². The van der Waals surface area contributed by atoms with Crippen LogP contribution >= 0.6 is 12.0 Å². The van der Waals surface area contributed by atoms with Crippen LogP contribution in [0.2, 0.25) is 0 Å². The van der Waals surface area contributed by atoms with Gasteiger partial charge in [-0.25, -0.2) is 0 Å². The predicted molar refractivity (Wildman–Crippen MR) is 124 cm³/mol. The number of amides is 1. The molecule has 0 bridgehead atoms. The van der Waals surface area contributed by atoms with Crippen molar-refractivity contribution in [3.63, 3.8) is 0 Å². The molecule has 30 heavy (non-hydrogen) atoms. The van der Waals surface area contributed by atoms with E-state index in [1.165, 1.54) is 12.0 Å². The maximum absolute atomic E-state index is 12.6. The zero-order valence-electron chi connectivity index (χ0n) is 18.6. The maximum atomic E-state index is 12.6. The van der Waals surface area contributed by atoms with Gasteiger partial charge in [-0.1, -0.05) is 39.3 Å². The largest absolute Gasteiger partial charge is 0.493 e. The monoisotopic (exact) mass is 431 g/mol. The summed E-state index contributed by atoms with van der Waals surface area (Å²) in [6.07, 6.45) is 3.55. The van der Waals surface area contributed by atoms with Crippen LogP contribution in [0.25, 0.3) is 0 Å². The Labute approximate surface area is 184 Å². The van der Waals surface area contributed by atoms with Crippen molar-refractivity contribution in [2.75, 3.05) is 19.5 Å². The van der Waals surface area contributed by atoms with Gasteiger partial charge in [-0.15, -0.1) is 0 Å². The number of hydrogen-bond donors (Lipinski definition) is 1.